The topological polar surface area (TPSA) is 49.7 Å². The van der Waals surface area contributed by atoms with Gasteiger partial charge in [0.2, 0.25) is 8.38 Å². The summed E-state index contributed by atoms with van der Waals surface area (Å²) in [5, 5.41) is 8.17. The third-order valence-corrected chi connectivity index (χ3v) is 3.28. The van der Waals surface area contributed by atoms with Gasteiger partial charge in [0.15, 0.2) is 0 Å². The van der Waals surface area contributed by atoms with Gasteiger partial charge in [0.25, 0.3) is 0 Å². The SMILES string of the molecule is OOP(O)C1CCCCC1. The van der Waals surface area contributed by atoms with Crippen LogP contribution in [0.5, 0.6) is 0 Å². The Kier molecular flexibility index (Phi) is 3.57. The van der Waals surface area contributed by atoms with E-state index in [1.807, 2.05) is 0 Å². The summed E-state index contributed by atoms with van der Waals surface area (Å²) in [4.78, 5) is 9.08. The molecule has 0 aromatic carbocycles. The fourth-order valence-corrected chi connectivity index (χ4v) is 2.31. The highest BCUT2D eigenvalue weighted by molar-refractivity contribution is 7.46. The molecule has 0 radical (unpaired) electrons. The van der Waals surface area contributed by atoms with Crippen molar-refractivity contribution in [2.75, 3.05) is 0 Å². The van der Waals surface area contributed by atoms with Crippen LogP contribution in [0.3, 0.4) is 0 Å². The van der Waals surface area contributed by atoms with Gasteiger partial charge in [0, 0.05) is 5.66 Å². The van der Waals surface area contributed by atoms with E-state index in [1.54, 1.807) is 0 Å². The largest absolute Gasteiger partial charge is 0.348 e. The van der Waals surface area contributed by atoms with Gasteiger partial charge in [0.1, 0.15) is 0 Å². The van der Waals surface area contributed by atoms with E-state index in [-0.39, 0.29) is 5.66 Å². The van der Waals surface area contributed by atoms with E-state index in [1.165, 1.54) is 6.42 Å². The van der Waals surface area contributed by atoms with Gasteiger partial charge in [-0.15, -0.1) is 0 Å². The zero-order valence-corrected chi connectivity index (χ0v) is 6.76. The van der Waals surface area contributed by atoms with Crippen LogP contribution in [-0.4, -0.2) is 15.8 Å². The maximum atomic E-state index is 9.08. The third kappa shape index (κ3) is 2.17. The standard InChI is InChI=1S/C6H13O3P/c7-9-10(8)6-4-2-1-3-5-6/h6-8H,1-5H2. The first-order valence-electron chi connectivity index (χ1n) is 3.64. The second-order valence-electron chi connectivity index (χ2n) is 2.68. The highest BCUT2D eigenvalue weighted by Crippen LogP contribution is 2.43. The van der Waals surface area contributed by atoms with Crippen LogP contribution in [0.4, 0.5) is 0 Å². The lowest BCUT2D eigenvalue weighted by Gasteiger charge is -2.22. The Bertz CT molecular complexity index is 93.0. The molecule has 1 saturated carbocycles. The minimum Gasteiger partial charge on any atom is -0.348 e. The molecule has 60 valence electrons. The van der Waals surface area contributed by atoms with Crippen molar-refractivity contribution in [2.24, 2.45) is 0 Å². The molecule has 0 saturated heterocycles. The number of hydrogen-bond acceptors (Lipinski definition) is 3. The molecule has 1 unspecified atom stereocenters. The van der Waals surface area contributed by atoms with Gasteiger partial charge in [0.05, 0.1) is 0 Å². The van der Waals surface area contributed by atoms with E-state index in [9.17, 15) is 0 Å². The summed E-state index contributed by atoms with van der Waals surface area (Å²) in [5.41, 5.74) is 0.216. The smallest absolute Gasteiger partial charge is 0.209 e. The van der Waals surface area contributed by atoms with E-state index in [4.69, 9.17) is 10.2 Å². The van der Waals surface area contributed by atoms with E-state index >= 15 is 0 Å². The van der Waals surface area contributed by atoms with E-state index < -0.39 is 8.38 Å². The summed E-state index contributed by atoms with van der Waals surface area (Å²) in [6, 6.07) is 0. The van der Waals surface area contributed by atoms with Crippen molar-refractivity contribution in [1.29, 1.82) is 0 Å². The van der Waals surface area contributed by atoms with Gasteiger partial charge in [-0.3, -0.25) is 0 Å². The molecular formula is C6H13O3P. The highest BCUT2D eigenvalue weighted by Gasteiger charge is 2.22. The first-order valence-corrected chi connectivity index (χ1v) is 4.92. The Balaban J connectivity index is 2.24. The molecule has 0 bridgehead atoms. The molecule has 1 fully saturated rings. The number of rotatable bonds is 2. The zero-order valence-electron chi connectivity index (χ0n) is 5.86. The van der Waals surface area contributed by atoms with Crippen molar-refractivity contribution >= 4 is 8.38 Å². The molecule has 1 atom stereocenters. The van der Waals surface area contributed by atoms with Crippen LogP contribution < -0.4 is 0 Å². The maximum Gasteiger partial charge on any atom is 0.209 e. The number of hydrogen-bond donors (Lipinski definition) is 2. The molecule has 0 aromatic rings. The lowest BCUT2D eigenvalue weighted by molar-refractivity contribution is -0.137. The van der Waals surface area contributed by atoms with E-state index in [2.05, 4.69) is 4.67 Å². The van der Waals surface area contributed by atoms with Gasteiger partial charge >= 0.3 is 0 Å². The summed E-state index contributed by atoms with van der Waals surface area (Å²) in [7, 11) is -1.54. The third-order valence-electron chi connectivity index (χ3n) is 1.97. The van der Waals surface area contributed by atoms with Crippen LogP contribution in [-0.2, 0) is 4.67 Å². The summed E-state index contributed by atoms with van der Waals surface area (Å²) in [6.45, 7) is 0. The Labute approximate surface area is 61.9 Å². The molecule has 0 spiro atoms. The molecule has 1 aliphatic rings. The second-order valence-corrected chi connectivity index (χ2v) is 4.17. The van der Waals surface area contributed by atoms with Gasteiger partial charge in [-0.25, -0.2) is 5.26 Å². The minimum atomic E-state index is -1.54. The zero-order chi connectivity index (χ0) is 7.40. The monoisotopic (exact) mass is 164 g/mol. The molecular weight excluding hydrogens is 151 g/mol. The van der Waals surface area contributed by atoms with Gasteiger partial charge in [-0.1, -0.05) is 19.3 Å². The fraction of sp³-hybridized carbons (Fsp3) is 1.00. The molecule has 4 heteroatoms. The molecule has 0 aliphatic heterocycles. The van der Waals surface area contributed by atoms with Crippen LogP contribution in [0.1, 0.15) is 32.1 Å². The minimum absolute atomic E-state index is 0.216. The van der Waals surface area contributed by atoms with Crippen LogP contribution >= 0.6 is 8.38 Å². The summed E-state index contributed by atoms with van der Waals surface area (Å²) < 4.78 is 3.91. The van der Waals surface area contributed by atoms with Gasteiger partial charge in [-0.05, 0) is 12.8 Å². The molecule has 0 aromatic heterocycles. The van der Waals surface area contributed by atoms with Crippen molar-refractivity contribution < 1.29 is 14.8 Å². The molecule has 1 rings (SSSR count). The molecule has 0 amide bonds. The first-order chi connectivity index (χ1) is 4.84. The normalized spacial score (nSPS) is 24.6. The molecule has 10 heavy (non-hydrogen) atoms. The van der Waals surface area contributed by atoms with Crippen molar-refractivity contribution in [3.63, 3.8) is 0 Å². The quantitative estimate of drug-likeness (QED) is 0.373. The predicted octanol–water partition coefficient (Wildman–Crippen LogP) is 2.11. The van der Waals surface area contributed by atoms with Crippen molar-refractivity contribution in [3.05, 3.63) is 0 Å². The summed E-state index contributed by atoms with van der Waals surface area (Å²) in [5.74, 6) is 0. The van der Waals surface area contributed by atoms with Gasteiger partial charge < -0.3 is 4.89 Å². The van der Waals surface area contributed by atoms with Crippen LogP contribution in [0, 0.1) is 0 Å². The van der Waals surface area contributed by atoms with E-state index in [0.717, 1.165) is 25.7 Å². The molecule has 1 aliphatic carbocycles. The lowest BCUT2D eigenvalue weighted by atomic mass is 10.0. The first kappa shape index (κ1) is 8.41. The average molecular weight is 164 g/mol. The lowest BCUT2D eigenvalue weighted by Crippen LogP contribution is -2.10. The second kappa shape index (κ2) is 4.24. The Morgan fingerprint density at radius 1 is 1.20 bits per heavy atom. The Morgan fingerprint density at radius 2 is 1.80 bits per heavy atom. The van der Waals surface area contributed by atoms with Crippen molar-refractivity contribution in [1.82, 2.24) is 0 Å². The average Bonchev–Trinajstić information content (AvgIpc) is 2.05. The maximum absolute atomic E-state index is 9.08. The van der Waals surface area contributed by atoms with Crippen molar-refractivity contribution in [3.8, 4) is 0 Å². The summed E-state index contributed by atoms with van der Waals surface area (Å²) >= 11 is 0. The Hall–Kier alpha value is 0.310. The van der Waals surface area contributed by atoms with Crippen LogP contribution in [0.15, 0.2) is 0 Å². The Morgan fingerprint density at radius 3 is 2.30 bits per heavy atom. The fourth-order valence-electron chi connectivity index (χ4n) is 1.37. The van der Waals surface area contributed by atoms with Crippen molar-refractivity contribution in [2.45, 2.75) is 37.8 Å². The predicted molar refractivity (Wildman–Crippen MR) is 39.7 cm³/mol. The molecule has 0 heterocycles. The molecule has 2 N–H and O–H groups in total. The summed E-state index contributed by atoms with van der Waals surface area (Å²) in [6.07, 6.45) is 5.58. The van der Waals surface area contributed by atoms with Crippen LogP contribution in [0.2, 0.25) is 0 Å². The van der Waals surface area contributed by atoms with E-state index in [0.29, 0.717) is 0 Å². The highest BCUT2D eigenvalue weighted by atomic mass is 31.2. The van der Waals surface area contributed by atoms with Gasteiger partial charge in [-0.2, -0.15) is 4.67 Å². The molecule has 3 nitrogen and oxygen atoms in total. The van der Waals surface area contributed by atoms with Crippen LogP contribution in [0.25, 0.3) is 0 Å².